The number of carboxylic acids is 2. The Morgan fingerprint density at radius 1 is 1.13 bits per heavy atom. The first-order chi connectivity index (χ1) is 14.5. The molecular formula is C24H22N2O4. The molecule has 0 spiro atoms. The van der Waals surface area contributed by atoms with Crippen LogP contribution in [0.3, 0.4) is 0 Å². The molecule has 2 unspecified atom stereocenters. The van der Waals surface area contributed by atoms with E-state index in [0.717, 1.165) is 41.8 Å². The number of hydrogen-bond acceptors (Lipinski definition) is 4. The predicted octanol–water partition coefficient (Wildman–Crippen LogP) is 4.48. The van der Waals surface area contributed by atoms with E-state index < -0.39 is 11.9 Å². The molecule has 0 radical (unpaired) electrons. The van der Waals surface area contributed by atoms with Gasteiger partial charge in [-0.15, -0.1) is 0 Å². The summed E-state index contributed by atoms with van der Waals surface area (Å²) in [5.74, 6) is -1.63. The number of aliphatic carboxylic acids is 2. The molecule has 1 saturated carbocycles. The summed E-state index contributed by atoms with van der Waals surface area (Å²) in [7, 11) is 0. The lowest BCUT2D eigenvalue weighted by Crippen LogP contribution is -2.26. The van der Waals surface area contributed by atoms with E-state index >= 15 is 0 Å². The molecule has 0 aromatic heterocycles. The summed E-state index contributed by atoms with van der Waals surface area (Å²) in [5, 5.41) is 27.0. The number of nitrogens with zero attached hydrogens (tertiary/aromatic N) is 2. The van der Waals surface area contributed by atoms with Gasteiger partial charge in [0.1, 0.15) is 11.6 Å². The van der Waals surface area contributed by atoms with Crippen molar-refractivity contribution in [3.63, 3.8) is 0 Å². The Morgan fingerprint density at radius 2 is 1.90 bits per heavy atom. The highest BCUT2D eigenvalue weighted by Gasteiger charge is 2.42. The standard InChI is InChI=1S/C24H22N2O4/c25-14-17(24(29)30)12-16-6-10-22-20(13-16)19-2-1-3-21(19)26(22)18-8-4-15(5-9-18)7-11-23(27)28/h4-6,8-10,12-13,19,21H,1-3,7,11H2,(H,27,28)(H,29,30)/b17-12+. The summed E-state index contributed by atoms with van der Waals surface area (Å²) >= 11 is 0. The topological polar surface area (TPSA) is 102 Å². The van der Waals surface area contributed by atoms with Gasteiger partial charge in [0.05, 0.1) is 0 Å². The molecule has 2 aromatic carbocycles. The molecule has 2 atom stereocenters. The quantitative estimate of drug-likeness (QED) is 0.545. The van der Waals surface area contributed by atoms with E-state index in [2.05, 4.69) is 4.90 Å². The van der Waals surface area contributed by atoms with E-state index in [1.165, 1.54) is 11.6 Å². The van der Waals surface area contributed by atoms with Crippen LogP contribution in [0.15, 0.2) is 48.0 Å². The number of carboxylic acid groups (broad SMARTS) is 2. The summed E-state index contributed by atoms with van der Waals surface area (Å²) in [6.07, 6.45) is 5.37. The Hall–Kier alpha value is -3.59. The van der Waals surface area contributed by atoms with Crippen LogP contribution in [-0.4, -0.2) is 28.2 Å². The predicted molar refractivity (Wildman–Crippen MR) is 113 cm³/mol. The zero-order valence-electron chi connectivity index (χ0n) is 16.4. The van der Waals surface area contributed by atoms with Crippen molar-refractivity contribution in [2.24, 2.45) is 0 Å². The van der Waals surface area contributed by atoms with Gasteiger partial charge in [-0.3, -0.25) is 4.79 Å². The van der Waals surface area contributed by atoms with Gasteiger partial charge in [0.25, 0.3) is 0 Å². The molecule has 6 nitrogen and oxygen atoms in total. The summed E-state index contributed by atoms with van der Waals surface area (Å²) in [4.78, 5) is 24.3. The molecular weight excluding hydrogens is 380 g/mol. The summed E-state index contributed by atoms with van der Waals surface area (Å²) in [5.41, 5.74) is 4.85. The van der Waals surface area contributed by atoms with Crippen LogP contribution in [-0.2, 0) is 16.0 Å². The first kappa shape index (κ1) is 19.7. The Morgan fingerprint density at radius 3 is 2.57 bits per heavy atom. The number of benzene rings is 2. The van der Waals surface area contributed by atoms with E-state index in [9.17, 15) is 9.59 Å². The molecule has 0 bridgehead atoms. The third-order valence-corrected chi connectivity index (χ3v) is 6.03. The summed E-state index contributed by atoms with van der Waals surface area (Å²) < 4.78 is 0. The number of aryl methyl sites for hydroxylation is 1. The lowest BCUT2D eigenvalue weighted by atomic mass is 9.95. The maximum absolute atomic E-state index is 11.2. The first-order valence-electron chi connectivity index (χ1n) is 10.1. The highest BCUT2D eigenvalue weighted by molar-refractivity contribution is 5.96. The monoisotopic (exact) mass is 402 g/mol. The number of carbonyl (C=O) groups is 2. The van der Waals surface area contributed by atoms with Crippen LogP contribution in [0.5, 0.6) is 0 Å². The Balaban J connectivity index is 1.67. The second-order valence-electron chi connectivity index (χ2n) is 7.83. The lowest BCUT2D eigenvalue weighted by Gasteiger charge is -2.27. The van der Waals surface area contributed by atoms with E-state index in [0.29, 0.717) is 18.4 Å². The number of rotatable bonds is 6. The molecule has 152 valence electrons. The van der Waals surface area contributed by atoms with Gasteiger partial charge in [-0.2, -0.15) is 5.26 Å². The van der Waals surface area contributed by atoms with E-state index in [-0.39, 0.29) is 12.0 Å². The third-order valence-electron chi connectivity index (χ3n) is 6.03. The molecule has 2 aliphatic rings. The average molecular weight is 402 g/mol. The first-order valence-corrected chi connectivity index (χ1v) is 10.1. The molecule has 4 rings (SSSR count). The Kier molecular flexibility index (Phi) is 5.28. The van der Waals surface area contributed by atoms with Crippen molar-refractivity contribution >= 4 is 29.4 Å². The van der Waals surface area contributed by atoms with Crippen molar-refractivity contribution in [1.29, 1.82) is 5.26 Å². The molecule has 2 N–H and O–H groups in total. The van der Waals surface area contributed by atoms with Gasteiger partial charge in [0, 0.05) is 29.8 Å². The molecule has 1 aliphatic heterocycles. The van der Waals surface area contributed by atoms with Crippen molar-refractivity contribution in [2.45, 2.75) is 44.1 Å². The molecule has 1 fully saturated rings. The number of hydrogen-bond donors (Lipinski definition) is 2. The minimum Gasteiger partial charge on any atom is -0.481 e. The zero-order valence-corrected chi connectivity index (χ0v) is 16.4. The van der Waals surface area contributed by atoms with Crippen molar-refractivity contribution < 1.29 is 19.8 Å². The van der Waals surface area contributed by atoms with E-state index in [1.807, 2.05) is 42.5 Å². The number of anilines is 2. The van der Waals surface area contributed by atoms with Crippen molar-refractivity contribution in [2.75, 3.05) is 4.90 Å². The number of fused-ring (bicyclic) bond motifs is 3. The molecule has 6 heteroatoms. The molecule has 1 aliphatic carbocycles. The van der Waals surface area contributed by atoms with Crippen LogP contribution < -0.4 is 4.90 Å². The van der Waals surface area contributed by atoms with Crippen LogP contribution in [0.25, 0.3) is 6.08 Å². The van der Waals surface area contributed by atoms with Crippen molar-refractivity contribution in [3.05, 3.63) is 64.7 Å². The lowest BCUT2D eigenvalue weighted by molar-refractivity contribution is -0.137. The fourth-order valence-electron chi connectivity index (χ4n) is 4.68. The van der Waals surface area contributed by atoms with Crippen LogP contribution in [0.1, 0.15) is 48.3 Å². The maximum atomic E-state index is 11.2. The van der Waals surface area contributed by atoms with E-state index in [1.54, 1.807) is 6.07 Å². The van der Waals surface area contributed by atoms with Crippen LogP contribution in [0.4, 0.5) is 11.4 Å². The summed E-state index contributed by atoms with van der Waals surface area (Å²) in [6, 6.07) is 16.1. The van der Waals surface area contributed by atoms with E-state index in [4.69, 9.17) is 15.5 Å². The smallest absolute Gasteiger partial charge is 0.346 e. The zero-order chi connectivity index (χ0) is 21.3. The molecule has 1 heterocycles. The molecule has 0 saturated heterocycles. The summed E-state index contributed by atoms with van der Waals surface area (Å²) in [6.45, 7) is 0. The maximum Gasteiger partial charge on any atom is 0.346 e. The third kappa shape index (κ3) is 3.67. The largest absolute Gasteiger partial charge is 0.481 e. The fraction of sp³-hybridized carbons (Fsp3) is 0.292. The second-order valence-corrected chi connectivity index (χ2v) is 7.83. The highest BCUT2D eigenvalue weighted by atomic mass is 16.4. The fourth-order valence-corrected chi connectivity index (χ4v) is 4.68. The average Bonchev–Trinajstić information content (AvgIpc) is 3.31. The minimum absolute atomic E-state index is 0.119. The van der Waals surface area contributed by atoms with Crippen LogP contribution in [0.2, 0.25) is 0 Å². The van der Waals surface area contributed by atoms with Crippen LogP contribution in [0, 0.1) is 11.3 Å². The highest BCUT2D eigenvalue weighted by Crippen LogP contribution is 2.52. The minimum atomic E-state index is -1.22. The molecule has 2 aromatic rings. The van der Waals surface area contributed by atoms with Crippen molar-refractivity contribution in [3.8, 4) is 6.07 Å². The SMILES string of the molecule is N#C/C(=C\c1ccc2c(c1)C1CCCC1N2c1ccc(CCC(=O)O)cc1)C(=O)O. The number of nitriles is 1. The van der Waals surface area contributed by atoms with Gasteiger partial charge in [-0.25, -0.2) is 4.79 Å². The van der Waals surface area contributed by atoms with Crippen LogP contribution >= 0.6 is 0 Å². The van der Waals surface area contributed by atoms with Gasteiger partial charge in [0.15, 0.2) is 0 Å². The Labute approximate surface area is 174 Å². The van der Waals surface area contributed by atoms with Crippen molar-refractivity contribution in [1.82, 2.24) is 0 Å². The molecule has 0 amide bonds. The van der Waals surface area contributed by atoms with Gasteiger partial charge in [0.2, 0.25) is 0 Å². The van der Waals surface area contributed by atoms with Gasteiger partial charge >= 0.3 is 11.9 Å². The normalized spacial score (nSPS) is 19.8. The second kappa shape index (κ2) is 8.03. The van der Waals surface area contributed by atoms with Gasteiger partial charge in [-0.1, -0.05) is 24.6 Å². The molecule has 30 heavy (non-hydrogen) atoms. The van der Waals surface area contributed by atoms with Gasteiger partial charge in [-0.05, 0) is 66.3 Å². The Bertz CT molecular complexity index is 1070. The van der Waals surface area contributed by atoms with Gasteiger partial charge < -0.3 is 15.1 Å².